The van der Waals surface area contributed by atoms with Crippen molar-refractivity contribution in [2.75, 3.05) is 25.6 Å². The van der Waals surface area contributed by atoms with Crippen LogP contribution in [0.3, 0.4) is 0 Å². The zero-order chi connectivity index (χ0) is 18.2. The Labute approximate surface area is 147 Å². The van der Waals surface area contributed by atoms with Gasteiger partial charge in [0.25, 0.3) is 0 Å². The monoisotopic (exact) mass is 339 g/mol. The van der Waals surface area contributed by atoms with Crippen molar-refractivity contribution < 1.29 is 19.1 Å². The van der Waals surface area contributed by atoms with E-state index >= 15 is 0 Å². The van der Waals surface area contributed by atoms with Gasteiger partial charge in [-0.2, -0.15) is 0 Å². The van der Waals surface area contributed by atoms with Gasteiger partial charge in [-0.05, 0) is 19.1 Å². The summed E-state index contributed by atoms with van der Waals surface area (Å²) in [5.74, 6) is 0.101. The standard InChI is InChI=1S/C20H21NO4/c1-14(2)20(23)25-12-11-21-18-13-16(24-3)9-10-17(18)19(22)15-7-5-4-6-8-15/h4-10,13,21H,1,11-12H2,2-3H3. The number of methoxy groups -OCH3 is 1. The summed E-state index contributed by atoms with van der Waals surface area (Å²) < 4.78 is 10.3. The normalized spacial score (nSPS) is 10.0. The molecule has 2 aromatic carbocycles. The predicted octanol–water partition coefficient (Wildman–Crippen LogP) is 3.46. The first kappa shape index (κ1) is 18.3. The first-order valence-electron chi connectivity index (χ1n) is 7.87. The number of nitrogens with one attached hydrogen (secondary N) is 1. The molecule has 0 aliphatic heterocycles. The van der Waals surface area contributed by atoms with Crippen molar-refractivity contribution in [2.45, 2.75) is 6.92 Å². The summed E-state index contributed by atoms with van der Waals surface area (Å²) >= 11 is 0. The van der Waals surface area contributed by atoms with Gasteiger partial charge in [-0.3, -0.25) is 4.79 Å². The fraction of sp³-hybridized carbons (Fsp3) is 0.200. The van der Waals surface area contributed by atoms with E-state index in [1.807, 2.05) is 18.2 Å². The Morgan fingerprint density at radius 2 is 1.84 bits per heavy atom. The third-order valence-electron chi connectivity index (χ3n) is 3.51. The van der Waals surface area contributed by atoms with E-state index in [2.05, 4.69) is 11.9 Å². The van der Waals surface area contributed by atoms with Crippen LogP contribution >= 0.6 is 0 Å². The first-order chi connectivity index (χ1) is 12.0. The van der Waals surface area contributed by atoms with Gasteiger partial charge < -0.3 is 14.8 Å². The zero-order valence-corrected chi connectivity index (χ0v) is 14.4. The second-order valence-corrected chi connectivity index (χ2v) is 5.45. The topological polar surface area (TPSA) is 64.6 Å². The molecule has 0 aromatic heterocycles. The average Bonchev–Trinajstić information content (AvgIpc) is 2.64. The molecule has 0 spiro atoms. The number of ether oxygens (including phenoxy) is 2. The van der Waals surface area contributed by atoms with Crippen LogP contribution in [0.4, 0.5) is 5.69 Å². The van der Waals surface area contributed by atoms with Gasteiger partial charge in [0.15, 0.2) is 5.78 Å². The van der Waals surface area contributed by atoms with Crippen molar-refractivity contribution in [1.29, 1.82) is 0 Å². The van der Waals surface area contributed by atoms with E-state index in [0.29, 0.717) is 34.7 Å². The Balaban J connectivity index is 2.13. The van der Waals surface area contributed by atoms with E-state index < -0.39 is 5.97 Å². The van der Waals surface area contributed by atoms with Crippen LogP contribution in [0.2, 0.25) is 0 Å². The van der Waals surface area contributed by atoms with Gasteiger partial charge in [0.2, 0.25) is 0 Å². The number of hydrogen-bond acceptors (Lipinski definition) is 5. The number of ketones is 1. The summed E-state index contributed by atoms with van der Waals surface area (Å²) in [5, 5.41) is 3.13. The van der Waals surface area contributed by atoms with Crippen molar-refractivity contribution in [3.8, 4) is 5.75 Å². The molecule has 0 atom stereocenters. The molecule has 0 aliphatic rings. The Morgan fingerprint density at radius 1 is 1.12 bits per heavy atom. The highest BCUT2D eigenvalue weighted by Gasteiger charge is 2.14. The molecule has 0 saturated carbocycles. The number of anilines is 1. The predicted molar refractivity (Wildman–Crippen MR) is 97.1 cm³/mol. The lowest BCUT2D eigenvalue weighted by atomic mass is 10.0. The highest BCUT2D eigenvalue weighted by Crippen LogP contribution is 2.25. The summed E-state index contributed by atoms with van der Waals surface area (Å²) in [6.45, 7) is 5.65. The molecule has 0 fully saturated rings. The molecule has 5 nitrogen and oxygen atoms in total. The second kappa shape index (κ2) is 8.68. The van der Waals surface area contributed by atoms with E-state index in [1.54, 1.807) is 44.4 Å². The fourth-order valence-corrected chi connectivity index (χ4v) is 2.19. The van der Waals surface area contributed by atoms with Gasteiger partial charge in [-0.25, -0.2) is 4.79 Å². The Kier molecular flexibility index (Phi) is 6.34. The van der Waals surface area contributed by atoms with E-state index in [9.17, 15) is 9.59 Å². The average molecular weight is 339 g/mol. The number of benzene rings is 2. The summed E-state index contributed by atoms with van der Waals surface area (Å²) in [7, 11) is 1.56. The lowest BCUT2D eigenvalue weighted by Gasteiger charge is -2.13. The minimum atomic E-state index is -0.437. The molecule has 0 bridgehead atoms. The van der Waals surface area contributed by atoms with Gasteiger partial charge in [0, 0.05) is 35.0 Å². The van der Waals surface area contributed by atoms with E-state index in [-0.39, 0.29) is 12.4 Å². The largest absolute Gasteiger partial charge is 0.497 e. The molecule has 0 unspecified atom stereocenters. The minimum Gasteiger partial charge on any atom is -0.497 e. The molecule has 0 radical (unpaired) electrons. The van der Waals surface area contributed by atoms with Crippen molar-refractivity contribution in [3.05, 3.63) is 71.8 Å². The zero-order valence-electron chi connectivity index (χ0n) is 14.4. The summed E-state index contributed by atoms with van der Waals surface area (Å²) in [6, 6.07) is 14.2. The van der Waals surface area contributed by atoms with Crippen LogP contribution in [-0.4, -0.2) is 32.0 Å². The number of rotatable bonds is 8. The number of hydrogen-bond donors (Lipinski definition) is 1. The Morgan fingerprint density at radius 3 is 2.48 bits per heavy atom. The molecule has 0 aliphatic carbocycles. The molecule has 0 saturated heterocycles. The maximum absolute atomic E-state index is 12.7. The third kappa shape index (κ3) is 4.94. The number of carbonyl (C=O) groups is 2. The smallest absolute Gasteiger partial charge is 0.333 e. The highest BCUT2D eigenvalue weighted by atomic mass is 16.5. The fourth-order valence-electron chi connectivity index (χ4n) is 2.19. The van der Waals surface area contributed by atoms with E-state index in [1.165, 1.54) is 0 Å². The van der Waals surface area contributed by atoms with Crippen LogP contribution < -0.4 is 10.1 Å². The van der Waals surface area contributed by atoms with Crippen LogP contribution in [0, 0.1) is 0 Å². The van der Waals surface area contributed by atoms with Gasteiger partial charge >= 0.3 is 5.97 Å². The molecule has 1 N–H and O–H groups in total. The lowest BCUT2D eigenvalue weighted by molar-refractivity contribution is -0.138. The molecular weight excluding hydrogens is 318 g/mol. The maximum Gasteiger partial charge on any atom is 0.333 e. The van der Waals surface area contributed by atoms with Crippen LogP contribution in [0.5, 0.6) is 5.75 Å². The molecule has 25 heavy (non-hydrogen) atoms. The van der Waals surface area contributed by atoms with Crippen molar-refractivity contribution in [2.24, 2.45) is 0 Å². The van der Waals surface area contributed by atoms with Crippen molar-refractivity contribution in [3.63, 3.8) is 0 Å². The summed E-state index contributed by atoms with van der Waals surface area (Å²) in [5.41, 5.74) is 2.10. The maximum atomic E-state index is 12.7. The third-order valence-corrected chi connectivity index (χ3v) is 3.51. The molecule has 130 valence electrons. The Hall–Kier alpha value is -3.08. The SMILES string of the molecule is C=C(C)C(=O)OCCNc1cc(OC)ccc1C(=O)c1ccccc1. The lowest BCUT2D eigenvalue weighted by Crippen LogP contribution is -2.16. The van der Waals surface area contributed by atoms with Gasteiger partial charge in [-0.15, -0.1) is 0 Å². The minimum absolute atomic E-state index is 0.0929. The molecule has 0 heterocycles. The van der Waals surface area contributed by atoms with Crippen LogP contribution in [0.15, 0.2) is 60.7 Å². The van der Waals surface area contributed by atoms with Crippen LogP contribution in [0.1, 0.15) is 22.8 Å². The first-order valence-corrected chi connectivity index (χ1v) is 7.87. The molecule has 2 aromatic rings. The van der Waals surface area contributed by atoms with E-state index in [0.717, 1.165) is 0 Å². The molecule has 2 rings (SSSR count). The van der Waals surface area contributed by atoms with Crippen molar-refractivity contribution >= 4 is 17.4 Å². The van der Waals surface area contributed by atoms with Crippen molar-refractivity contribution in [1.82, 2.24) is 0 Å². The van der Waals surface area contributed by atoms with Gasteiger partial charge in [0.05, 0.1) is 7.11 Å². The summed E-state index contributed by atoms with van der Waals surface area (Å²) in [4.78, 5) is 24.1. The van der Waals surface area contributed by atoms with Crippen LogP contribution in [0.25, 0.3) is 0 Å². The molecule has 0 amide bonds. The second-order valence-electron chi connectivity index (χ2n) is 5.45. The van der Waals surface area contributed by atoms with Gasteiger partial charge in [-0.1, -0.05) is 36.9 Å². The highest BCUT2D eigenvalue weighted by molar-refractivity contribution is 6.12. The van der Waals surface area contributed by atoms with E-state index in [4.69, 9.17) is 9.47 Å². The summed E-state index contributed by atoms with van der Waals surface area (Å²) in [6.07, 6.45) is 0. The quantitative estimate of drug-likeness (QED) is 0.345. The molecular formula is C20H21NO4. The van der Waals surface area contributed by atoms with Gasteiger partial charge in [0.1, 0.15) is 12.4 Å². The number of esters is 1. The molecule has 5 heteroatoms. The number of carbonyl (C=O) groups excluding carboxylic acids is 2. The Bertz CT molecular complexity index is 769. The van der Waals surface area contributed by atoms with Crippen LogP contribution in [-0.2, 0) is 9.53 Å².